The Balaban J connectivity index is 2.19. The number of hydrogen-bond acceptors (Lipinski definition) is 3. The molecule has 0 saturated heterocycles. The van der Waals surface area contributed by atoms with Crippen LogP contribution in [0, 0.1) is 0 Å². The summed E-state index contributed by atoms with van der Waals surface area (Å²) in [5, 5.41) is 15.2. The summed E-state index contributed by atoms with van der Waals surface area (Å²) in [5.74, 6) is -0.163. The molecular formula is C16H23N3O2. The van der Waals surface area contributed by atoms with Gasteiger partial charge in [0.2, 0.25) is 5.91 Å². The van der Waals surface area contributed by atoms with Gasteiger partial charge in [-0.1, -0.05) is 55.3 Å². The van der Waals surface area contributed by atoms with Crippen molar-refractivity contribution in [2.45, 2.75) is 50.5 Å². The molecule has 4 N–H and O–H groups in total. The van der Waals surface area contributed by atoms with Crippen LogP contribution in [0.4, 0.5) is 0 Å². The number of amidine groups is 1. The summed E-state index contributed by atoms with van der Waals surface area (Å²) in [6.45, 7) is 1.99. The largest absolute Gasteiger partial charge is 0.409 e. The molecule has 114 valence electrons. The molecule has 5 nitrogen and oxygen atoms in total. The number of nitrogens with two attached hydrogens (primary N) is 1. The Morgan fingerprint density at radius 3 is 2.52 bits per heavy atom. The molecule has 1 aliphatic carbocycles. The summed E-state index contributed by atoms with van der Waals surface area (Å²) in [4.78, 5) is 12.7. The second kappa shape index (κ2) is 6.61. The van der Waals surface area contributed by atoms with Crippen LogP contribution in [-0.2, 0) is 4.79 Å². The third kappa shape index (κ3) is 3.17. The van der Waals surface area contributed by atoms with E-state index < -0.39 is 5.54 Å². The van der Waals surface area contributed by atoms with E-state index in [0.717, 1.165) is 31.2 Å². The van der Waals surface area contributed by atoms with E-state index in [9.17, 15) is 4.79 Å². The van der Waals surface area contributed by atoms with Gasteiger partial charge in [0.1, 0.15) is 5.54 Å². The molecule has 5 heteroatoms. The Morgan fingerprint density at radius 1 is 1.38 bits per heavy atom. The molecule has 0 aromatic heterocycles. The van der Waals surface area contributed by atoms with Crippen molar-refractivity contribution in [2.24, 2.45) is 10.9 Å². The Labute approximate surface area is 125 Å². The second-order valence-electron chi connectivity index (χ2n) is 5.64. The number of carbonyl (C=O) groups excluding carboxylic acids is 1. The fourth-order valence-electron chi connectivity index (χ4n) is 3.10. The first-order valence-corrected chi connectivity index (χ1v) is 7.48. The topological polar surface area (TPSA) is 87.7 Å². The van der Waals surface area contributed by atoms with E-state index in [4.69, 9.17) is 10.9 Å². The minimum atomic E-state index is -0.686. The molecule has 0 aliphatic heterocycles. The van der Waals surface area contributed by atoms with E-state index in [0.29, 0.717) is 6.42 Å². The van der Waals surface area contributed by atoms with E-state index in [2.05, 4.69) is 10.5 Å². The predicted octanol–water partition coefficient (Wildman–Crippen LogP) is 2.36. The molecule has 1 aliphatic rings. The number of oxime groups is 1. The molecule has 0 radical (unpaired) electrons. The molecule has 1 aromatic carbocycles. The van der Waals surface area contributed by atoms with Crippen LogP contribution in [-0.4, -0.2) is 22.5 Å². The van der Waals surface area contributed by atoms with Gasteiger partial charge in [0.05, 0.1) is 5.92 Å². The zero-order chi connectivity index (χ0) is 15.3. The maximum absolute atomic E-state index is 12.7. The van der Waals surface area contributed by atoms with Crippen molar-refractivity contribution in [2.75, 3.05) is 0 Å². The highest BCUT2D eigenvalue weighted by atomic mass is 16.4. The molecule has 1 fully saturated rings. The van der Waals surface area contributed by atoms with Gasteiger partial charge in [-0.25, -0.2) is 0 Å². The number of carbonyl (C=O) groups is 1. The van der Waals surface area contributed by atoms with Gasteiger partial charge in [0.25, 0.3) is 0 Å². The number of rotatable bonds is 5. The third-order valence-corrected chi connectivity index (χ3v) is 4.34. The van der Waals surface area contributed by atoms with Crippen LogP contribution in [0.1, 0.15) is 50.5 Å². The highest BCUT2D eigenvalue weighted by molar-refractivity contribution is 5.95. The van der Waals surface area contributed by atoms with Crippen LogP contribution in [0.2, 0.25) is 0 Å². The van der Waals surface area contributed by atoms with Crippen molar-refractivity contribution in [3.63, 3.8) is 0 Å². The number of nitrogens with zero attached hydrogens (tertiary/aromatic N) is 1. The first-order chi connectivity index (χ1) is 10.1. The summed E-state index contributed by atoms with van der Waals surface area (Å²) in [6.07, 6.45) is 4.10. The van der Waals surface area contributed by atoms with Crippen LogP contribution >= 0.6 is 0 Å². The Hall–Kier alpha value is -2.04. The molecule has 21 heavy (non-hydrogen) atoms. The lowest BCUT2D eigenvalue weighted by Crippen LogP contribution is -2.56. The van der Waals surface area contributed by atoms with E-state index in [-0.39, 0.29) is 17.7 Å². The van der Waals surface area contributed by atoms with Crippen LogP contribution in [0.5, 0.6) is 0 Å². The molecule has 1 atom stereocenters. The van der Waals surface area contributed by atoms with Gasteiger partial charge in [0, 0.05) is 0 Å². The minimum Gasteiger partial charge on any atom is -0.409 e. The normalized spacial score (nSPS) is 19.2. The number of nitrogens with one attached hydrogen (secondary N) is 1. The molecule has 0 bridgehead atoms. The lowest BCUT2D eigenvalue weighted by atomic mass is 9.91. The standard InChI is InChI=1S/C16H23N3O2/c1-2-13(12-8-4-3-5-9-12)14(20)18-16(15(17)19-21)10-6-7-11-16/h3-5,8-9,13,21H,2,6-7,10-11H2,1H3,(H2,17,19)(H,18,20). The second-order valence-corrected chi connectivity index (χ2v) is 5.64. The van der Waals surface area contributed by atoms with Crippen molar-refractivity contribution < 1.29 is 10.0 Å². The van der Waals surface area contributed by atoms with Crippen molar-refractivity contribution in [3.8, 4) is 0 Å². The maximum Gasteiger partial charge on any atom is 0.228 e. The molecule has 0 heterocycles. The van der Waals surface area contributed by atoms with Crippen molar-refractivity contribution in [1.82, 2.24) is 5.32 Å². The Morgan fingerprint density at radius 2 is 2.00 bits per heavy atom. The van der Waals surface area contributed by atoms with Crippen molar-refractivity contribution >= 4 is 11.7 Å². The quantitative estimate of drug-likeness (QED) is 0.336. The average Bonchev–Trinajstić information content (AvgIpc) is 2.98. The van der Waals surface area contributed by atoms with Crippen LogP contribution < -0.4 is 11.1 Å². The summed E-state index contributed by atoms with van der Waals surface area (Å²) in [5.41, 5.74) is 6.13. The fraction of sp³-hybridized carbons (Fsp3) is 0.500. The molecule has 1 unspecified atom stereocenters. The maximum atomic E-state index is 12.7. The van der Waals surface area contributed by atoms with Crippen molar-refractivity contribution in [3.05, 3.63) is 35.9 Å². The number of benzene rings is 1. The third-order valence-electron chi connectivity index (χ3n) is 4.34. The lowest BCUT2D eigenvalue weighted by molar-refractivity contribution is -0.123. The van der Waals surface area contributed by atoms with Gasteiger partial charge in [0.15, 0.2) is 5.84 Å². The van der Waals surface area contributed by atoms with Crippen LogP contribution in [0.25, 0.3) is 0 Å². The summed E-state index contributed by atoms with van der Waals surface area (Å²) >= 11 is 0. The summed E-state index contributed by atoms with van der Waals surface area (Å²) < 4.78 is 0. The highest BCUT2D eigenvalue weighted by Crippen LogP contribution is 2.31. The van der Waals surface area contributed by atoms with Gasteiger partial charge >= 0.3 is 0 Å². The van der Waals surface area contributed by atoms with Gasteiger partial charge < -0.3 is 16.3 Å². The SMILES string of the molecule is CCC(C(=O)NC1(/C(N)=N/O)CCCC1)c1ccccc1. The van der Waals surface area contributed by atoms with E-state index >= 15 is 0 Å². The number of hydrogen-bond donors (Lipinski definition) is 3. The minimum absolute atomic E-state index is 0.0581. The Bertz CT molecular complexity index is 508. The van der Waals surface area contributed by atoms with Crippen molar-refractivity contribution in [1.29, 1.82) is 0 Å². The smallest absolute Gasteiger partial charge is 0.228 e. The molecule has 2 rings (SSSR count). The first kappa shape index (κ1) is 15.4. The fourth-order valence-corrected chi connectivity index (χ4v) is 3.10. The van der Waals surface area contributed by atoms with Crippen LogP contribution in [0.3, 0.4) is 0 Å². The molecule has 1 amide bonds. The van der Waals surface area contributed by atoms with Gasteiger partial charge in [-0.3, -0.25) is 4.79 Å². The average molecular weight is 289 g/mol. The van der Waals surface area contributed by atoms with E-state index in [1.54, 1.807) is 0 Å². The van der Waals surface area contributed by atoms with Gasteiger partial charge in [-0.2, -0.15) is 0 Å². The summed E-state index contributed by atoms with van der Waals surface area (Å²) in [7, 11) is 0. The van der Waals surface area contributed by atoms with E-state index in [1.165, 1.54) is 0 Å². The van der Waals surface area contributed by atoms with E-state index in [1.807, 2.05) is 37.3 Å². The van der Waals surface area contributed by atoms with Gasteiger partial charge in [-0.05, 0) is 24.8 Å². The molecule has 0 spiro atoms. The zero-order valence-electron chi connectivity index (χ0n) is 12.4. The number of amides is 1. The molecular weight excluding hydrogens is 266 g/mol. The Kier molecular flexibility index (Phi) is 4.83. The summed E-state index contributed by atoms with van der Waals surface area (Å²) in [6, 6.07) is 9.71. The zero-order valence-corrected chi connectivity index (χ0v) is 12.4. The molecule has 1 saturated carbocycles. The first-order valence-electron chi connectivity index (χ1n) is 7.48. The predicted molar refractivity (Wildman–Crippen MR) is 82.2 cm³/mol. The molecule has 1 aromatic rings. The van der Waals surface area contributed by atoms with Crippen LogP contribution in [0.15, 0.2) is 35.5 Å². The lowest BCUT2D eigenvalue weighted by Gasteiger charge is -2.30. The highest BCUT2D eigenvalue weighted by Gasteiger charge is 2.40. The monoisotopic (exact) mass is 289 g/mol. The van der Waals surface area contributed by atoms with Gasteiger partial charge in [-0.15, -0.1) is 0 Å².